The third-order valence-electron chi connectivity index (χ3n) is 6.13. The van der Waals surface area contributed by atoms with Gasteiger partial charge in [0.2, 0.25) is 0 Å². The summed E-state index contributed by atoms with van der Waals surface area (Å²) >= 11 is 0. The zero-order valence-corrected chi connectivity index (χ0v) is 14.6. The highest BCUT2D eigenvalue weighted by Crippen LogP contribution is 2.41. The van der Waals surface area contributed by atoms with Gasteiger partial charge in [-0.2, -0.15) is 0 Å². The van der Waals surface area contributed by atoms with Gasteiger partial charge in [0.15, 0.2) is 5.96 Å². The molecule has 2 heterocycles. The number of likely N-dealkylation sites (tertiary alicyclic amines) is 1. The van der Waals surface area contributed by atoms with Crippen LogP contribution in [-0.4, -0.2) is 62.0 Å². The number of ether oxygens (including phenoxy) is 1. The average Bonchev–Trinajstić information content (AvgIpc) is 3.28. The molecule has 0 amide bonds. The molecule has 3 rings (SSSR count). The molecule has 3 fully saturated rings. The van der Waals surface area contributed by atoms with Crippen LogP contribution in [0.5, 0.6) is 0 Å². The first-order valence-corrected chi connectivity index (χ1v) is 9.43. The number of aliphatic hydroxyl groups is 1. The van der Waals surface area contributed by atoms with Gasteiger partial charge in [-0.1, -0.05) is 12.8 Å². The van der Waals surface area contributed by atoms with E-state index in [-0.39, 0.29) is 12.0 Å². The Morgan fingerprint density at radius 2 is 2.09 bits per heavy atom. The van der Waals surface area contributed by atoms with E-state index in [0.29, 0.717) is 5.41 Å². The molecule has 2 aliphatic heterocycles. The van der Waals surface area contributed by atoms with Crippen molar-refractivity contribution in [3.63, 3.8) is 0 Å². The van der Waals surface area contributed by atoms with Crippen molar-refractivity contribution in [1.82, 2.24) is 10.2 Å². The molecule has 0 aromatic rings. The molecule has 132 valence electrons. The predicted molar refractivity (Wildman–Crippen MR) is 92.6 cm³/mol. The predicted octanol–water partition coefficient (Wildman–Crippen LogP) is 2.01. The number of aliphatic hydroxyl groups excluding tert-OH is 1. The lowest BCUT2D eigenvalue weighted by atomic mass is 9.83. The number of nitrogens with zero attached hydrogens (tertiary/aromatic N) is 2. The van der Waals surface area contributed by atoms with E-state index in [0.717, 1.165) is 51.8 Å². The van der Waals surface area contributed by atoms with E-state index in [2.05, 4.69) is 17.1 Å². The quantitative estimate of drug-likeness (QED) is 0.600. The van der Waals surface area contributed by atoms with Gasteiger partial charge in [-0.25, -0.2) is 0 Å². The fraction of sp³-hybridized carbons (Fsp3) is 0.944. The number of guanidine groups is 1. The third kappa shape index (κ3) is 3.82. The zero-order chi connectivity index (χ0) is 16.2. The second kappa shape index (κ2) is 7.39. The van der Waals surface area contributed by atoms with Gasteiger partial charge < -0.3 is 20.1 Å². The summed E-state index contributed by atoms with van der Waals surface area (Å²) in [6.07, 6.45) is 8.32. The van der Waals surface area contributed by atoms with Crippen LogP contribution in [0.3, 0.4) is 0 Å². The summed E-state index contributed by atoms with van der Waals surface area (Å²) in [5.74, 6) is 1.07. The Morgan fingerprint density at radius 3 is 2.74 bits per heavy atom. The maximum absolute atomic E-state index is 9.42. The molecule has 3 aliphatic rings. The van der Waals surface area contributed by atoms with Gasteiger partial charge in [-0.3, -0.25) is 4.99 Å². The molecule has 1 aliphatic carbocycles. The zero-order valence-electron chi connectivity index (χ0n) is 14.6. The highest BCUT2D eigenvalue weighted by molar-refractivity contribution is 5.80. The van der Waals surface area contributed by atoms with Gasteiger partial charge >= 0.3 is 0 Å². The van der Waals surface area contributed by atoms with Crippen molar-refractivity contribution in [2.75, 3.05) is 46.0 Å². The van der Waals surface area contributed by atoms with Gasteiger partial charge in [-0.15, -0.1) is 0 Å². The van der Waals surface area contributed by atoms with Gasteiger partial charge in [0.05, 0.1) is 6.61 Å². The van der Waals surface area contributed by atoms with Gasteiger partial charge in [-0.05, 0) is 44.4 Å². The first-order chi connectivity index (χ1) is 11.2. The molecule has 1 unspecified atom stereocenters. The van der Waals surface area contributed by atoms with Crippen molar-refractivity contribution >= 4 is 5.96 Å². The summed E-state index contributed by atoms with van der Waals surface area (Å²) in [5.41, 5.74) is 0.607. The lowest BCUT2D eigenvalue weighted by Crippen LogP contribution is -2.42. The summed E-state index contributed by atoms with van der Waals surface area (Å²) < 4.78 is 5.64. The van der Waals surface area contributed by atoms with Crippen LogP contribution in [0.4, 0.5) is 0 Å². The second-order valence-electron chi connectivity index (χ2n) is 7.83. The van der Waals surface area contributed by atoms with Gasteiger partial charge in [0, 0.05) is 44.8 Å². The highest BCUT2D eigenvalue weighted by atomic mass is 16.5. The average molecular weight is 323 g/mol. The summed E-state index contributed by atoms with van der Waals surface area (Å²) in [4.78, 5) is 7.43. The fourth-order valence-corrected chi connectivity index (χ4v) is 4.61. The van der Waals surface area contributed by atoms with E-state index in [9.17, 15) is 5.11 Å². The van der Waals surface area contributed by atoms with Crippen molar-refractivity contribution in [2.24, 2.45) is 15.8 Å². The highest BCUT2D eigenvalue weighted by Gasteiger charge is 2.42. The number of hydrogen-bond acceptors (Lipinski definition) is 3. The first-order valence-electron chi connectivity index (χ1n) is 9.43. The topological polar surface area (TPSA) is 57.1 Å². The minimum absolute atomic E-state index is 0.239. The summed E-state index contributed by atoms with van der Waals surface area (Å²) in [6, 6.07) is 0. The minimum Gasteiger partial charge on any atom is -0.396 e. The molecule has 23 heavy (non-hydrogen) atoms. The third-order valence-corrected chi connectivity index (χ3v) is 6.13. The number of hydrogen-bond donors (Lipinski definition) is 2. The largest absolute Gasteiger partial charge is 0.396 e. The maximum atomic E-state index is 9.42. The number of nitrogens with one attached hydrogen (secondary N) is 1. The van der Waals surface area contributed by atoms with Crippen molar-refractivity contribution in [3.8, 4) is 0 Å². The molecule has 0 bridgehead atoms. The Kier molecular flexibility index (Phi) is 5.47. The van der Waals surface area contributed by atoms with E-state index in [1.54, 1.807) is 0 Å². The van der Waals surface area contributed by atoms with Crippen LogP contribution < -0.4 is 5.32 Å². The lowest BCUT2D eigenvalue weighted by molar-refractivity contribution is 0.156. The number of rotatable bonds is 5. The molecule has 2 saturated heterocycles. The normalized spacial score (nSPS) is 30.5. The standard InChI is InChI=1S/C18H33N3O2/c1-2-19-16(20-13-17(8-11-22)5-3-4-6-17)21-10-7-18(14-21)9-12-23-15-18/h22H,2-15H2,1H3,(H,19,20). The molecule has 0 aromatic carbocycles. The molecule has 0 radical (unpaired) electrons. The van der Waals surface area contributed by atoms with Crippen LogP contribution in [0, 0.1) is 10.8 Å². The van der Waals surface area contributed by atoms with Crippen LogP contribution in [0.25, 0.3) is 0 Å². The van der Waals surface area contributed by atoms with Crippen LogP contribution in [-0.2, 0) is 4.74 Å². The molecule has 1 atom stereocenters. The van der Waals surface area contributed by atoms with Crippen LogP contribution in [0.2, 0.25) is 0 Å². The minimum atomic E-state index is 0.239. The summed E-state index contributed by atoms with van der Waals surface area (Å²) in [7, 11) is 0. The van der Waals surface area contributed by atoms with Crippen LogP contribution in [0.1, 0.15) is 51.9 Å². The number of aliphatic imine (C=N–C) groups is 1. The monoisotopic (exact) mass is 323 g/mol. The summed E-state index contributed by atoms with van der Waals surface area (Å²) in [6.45, 7) is 8.18. The fourth-order valence-electron chi connectivity index (χ4n) is 4.61. The van der Waals surface area contributed by atoms with Crippen molar-refractivity contribution in [2.45, 2.75) is 51.9 Å². The van der Waals surface area contributed by atoms with E-state index >= 15 is 0 Å². The van der Waals surface area contributed by atoms with Crippen molar-refractivity contribution in [3.05, 3.63) is 0 Å². The van der Waals surface area contributed by atoms with E-state index in [1.807, 2.05) is 0 Å². The molecule has 2 N–H and O–H groups in total. The molecular formula is C18H33N3O2. The second-order valence-corrected chi connectivity index (χ2v) is 7.83. The van der Waals surface area contributed by atoms with E-state index < -0.39 is 0 Å². The van der Waals surface area contributed by atoms with Crippen molar-refractivity contribution < 1.29 is 9.84 Å². The Labute approximate surface area is 140 Å². The lowest BCUT2D eigenvalue weighted by Gasteiger charge is -2.29. The molecule has 5 heteroatoms. The van der Waals surface area contributed by atoms with Crippen LogP contribution >= 0.6 is 0 Å². The van der Waals surface area contributed by atoms with Gasteiger partial charge in [0.1, 0.15) is 0 Å². The molecule has 0 aromatic heterocycles. The van der Waals surface area contributed by atoms with Crippen LogP contribution in [0.15, 0.2) is 4.99 Å². The Balaban J connectivity index is 1.66. The molecule has 1 spiro atoms. The smallest absolute Gasteiger partial charge is 0.193 e. The Hall–Kier alpha value is -0.810. The Bertz CT molecular complexity index is 412. The molecular weight excluding hydrogens is 290 g/mol. The Morgan fingerprint density at radius 1 is 1.26 bits per heavy atom. The van der Waals surface area contributed by atoms with Crippen molar-refractivity contribution in [1.29, 1.82) is 0 Å². The molecule has 5 nitrogen and oxygen atoms in total. The summed E-state index contributed by atoms with van der Waals surface area (Å²) in [5, 5.41) is 12.9. The first kappa shape index (κ1) is 17.0. The van der Waals surface area contributed by atoms with Gasteiger partial charge in [0.25, 0.3) is 0 Å². The SMILES string of the molecule is CCNC(=NCC1(CCO)CCCC1)N1CCC2(CCOC2)C1. The maximum Gasteiger partial charge on any atom is 0.193 e. The van der Waals surface area contributed by atoms with E-state index in [1.165, 1.54) is 38.5 Å². The molecule has 1 saturated carbocycles. The van der Waals surface area contributed by atoms with E-state index in [4.69, 9.17) is 9.73 Å².